The van der Waals surface area contributed by atoms with E-state index < -0.39 is 0 Å². The normalized spacial score (nSPS) is 11.6. The number of rotatable bonds is 7. The van der Waals surface area contributed by atoms with Gasteiger partial charge in [0.15, 0.2) is 0 Å². The van der Waals surface area contributed by atoms with Crippen molar-refractivity contribution in [1.29, 1.82) is 0 Å². The maximum absolute atomic E-state index is 6.66. The fourth-order valence-corrected chi connectivity index (χ4v) is 9.42. The first-order chi connectivity index (χ1) is 30.3. The molecule has 0 bridgehead atoms. The molecule has 0 aliphatic rings. The first-order valence-electron chi connectivity index (χ1n) is 20.8. The van der Waals surface area contributed by atoms with E-state index in [4.69, 9.17) is 4.42 Å². The van der Waals surface area contributed by atoms with Gasteiger partial charge in [-0.15, -0.1) is 0 Å². The number of para-hydroxylation sites is 7. The first-order valence-corrected chi connectivity index (χ1v) is 20.8. The lowest BCUT2D eigenvalue weighted by Gasteiger charge is -2.30. The fourth-order valence-electron chi connectivity index (χ4n) is 9.42. The predicted molar refractivity (Wildman–Crippen MR) is 257 cm³/mol. The highest BCUT2D eigenvalue weighted by Gasteiger charge is 2.23. The highest BCUT2D eigenvalue weighted by Crippen LogP contribution is 2.47. The molecule has 0 spiro atoms. The zero-order valence-electron chi connectivity index (χ0n) is 33.2. The molecule has 0 aliphatic carbocycles. The predicted octanol–water partition coefficient (Wildman–Crippen LogP) is 16.3. The van der Waals surface area contributed by atoms with E-state index in [0.29, 0.717) is 0 Å². The van der Waals surface area contributed by atoms with Gasteiger partial charge in [-0.05, 0) is 76.5 Å². The summed E-state index contributed by atoms with van der Waals surface area (Å²) in [6, 6.07) is 82.9. The summed E-state index contributed by atoms with van der Waals surface area (Å²) in [4.78, 5) is 2.42. The van der Waals surface area contributed by atoms with E-state index in [9.17, 15) is 0 Å². The third kappa shape index (κ3) is 5.74. The van der Waals surface area contributed by atoms with E-state index in [1.54, 1.807) is 0 Å². The minimum absolute atomic E-state index is 0.885. The molecule has 0 saturated heterocycles. The lowest BCUT2D eigenvalue weighted by atomic mass is 9.96. The Morgan fingerprint density at radius 1 is 0.344 bits per heavy atom. The number of aromatic nitrogens is 1. The van der Waals surface area contributed by atoms with E-state index in [-0.39, 0.29) is 0 Å². The second kappa shape index (κ2) is 14.3. The van der Waals surface area contributed by atoms with E-state index in [1.165, 1.54) is 38.1 Å². The van der Waals surface area contributed by atoms with Gasteiger partial charge in [-0.2, -0.15) is 0 Å². The van der Waals surface area contributed by atoms with Gasteiger partial charge in [0, 0.05) is 49.5 Å². The Balaban J connectivity index is 1.06. The maximum atomic E-state index is 6.66. The van der Waals surface area contributed by atoms with Crippen molar-refractivity contribution >= 4 is 71.6 Å². The molecule has 0 aliphatic heterocycles. The number of fused-ring (bicyclic) bond motifs is 7. The van der Waals surface area contributed by atoms with Crippen LogP contribution in [0.4, 0.5) is 17.1 Å². The van der Waals surface area contributed by atoms with Crippen molar-refractivity contribution < 1.29 is 4.42 Å². The van der Waals surface area contributed by atoms with Crippen LogP contribution in [0.3, 0.4) is 0 Å². The summed E-state index contributed by atoms with van der Waals surface area (Å²) in [6.45, 7) is 0. The third-order valence-electron chi connectivity index (χ3n) is 12.2. The molecule has 3 nitrogen and oxygen atoms in total. The molecule has 0 radical (unpaired) electrons. The van der Waals surface area contributed by atoms with Crippen LogP contribution < -0.4 is 4.90 Å². The van der Waals surface area contributed by atoms with Gasteiger partial charge >= 0.3 is 0 Å². The van der Waals surface area contributed by atoms with Crippen LogP contribution in [-0.2, 0) is 0 Å². The Morgan fingerprint density at radius 2 is 0.885 bits per heavy atom. The van der Waals surface area contributed by atoms with E-state index in [0.717, 1.165) is 72.5 Å². The molecular weight excluding hydrogens is 741 g/mol. The minimum atomic E-state index is 0.885. The van der Waals surface area contributed by atoms with Crippen molar-refractivity contribution in [1.82, 2.24) is 4.57 Å². The number of anilines is 3. The maximum Gasteiger partial charge on any atom is 0.143 e. The van der Waals surface area contributed by atoms with Gasteiger partial charge in [0.25, 0.3) is 0 Å². The van der Waals surface area contributed by atoms with Crippen LogP contribution in [-0.4, -0.2) is 4.57 Å². The Bertz CT molecular complexity index is 3560. The van der Waals surface area contributed by atoms with Gasteiger partial charge in [-0.25, -0.2) is 0 Å². The monoisotopic (exact) mass is 778 g/mol. The van der Waals surface area contributed by atoms with Crippen LogP contribution >= 0.6 is 0 Å². The third-order valence-corrected chi connectivity index (χ3v) is 12.2. The fraction of sp³-hybridized carbons (Fsp3) is 0. The van der Waals surface area contributed by atoms with Crippen LogP contribution in [0, 0.1) is 0 Å². The summed E-state index contributed by atoms with van der Waals surface area (Å²) in [5, 5.41) is 7.16. The van der Waals surface area contributed by atoms with Gasteiger partial charge in [0.2, 0.25) is 0 Å². The van der Waals surface area contributed by atoms with E-state index >= 15 is 0 Å². The Hall–Kier alpha value is -8.14. The smallest absolute Gasteiger partial charge is 0.143 e. The molecule has 0 saturated carbocycles. The molecule has 12 aromatic rings. The summed E-state index contributed by atoms with van der Waals surface area (Å²) in [5.41, 5.74) is 15.3. The molecule has 0 atom stereocenters. The molecule has 2 heterocycles. The molecule has 10 aromatic carbocycles. The van der Waals surface area contributed by atoms with Gasteiger partial charge < -0.3 is 13.9 Å². The topological polar surface area (TPSA) is 21.3 Å². The van der Waals surface area contributed by atoms with Gasteiger partial charge in [0.05, 0.1) is 28.1 Å². The first kappa shape index (κ1) is 34.9. The van der Waals surface area contributed by atoms with E-state index in [1.807, 2.05) is 6.07 Å². The van der Waals surface area contributed by atoms with Crippen LogP contribution in [0.1, 0.15) is 0 Å². The number of nitrogens with zero attached hydrogens (tertiary/aromatic N) is 2. The highest BCUT2D eigenvalue weighted by molar-refractivity contribution is 6.12. The van der Waals surface area contributed by atoms with Crippen LogP contribution in [0.5, 0.6) is 0 Å². The van der Waals surface area contributed by atoms with Crippen LogP contribution in [0.2, 0.25) is 0 Å². The molecule has 12 rings (SSSR count). The lowest BCUT2D eigenvalue weighted by Crippen LogP contribution is -2.12. The van der Waals surface area contributed by atoms with Crippen molar-refractivity contribution in [2.24, 2.45) is 0 Å². The van der Waals surface area contributed by atoms with Crippen molar-refractivity contribution in [2.45, 2.75) is 0 Å². The standard InChI is InChI=1S/C58H38N2O/c1-2-17-41-38-42(33-32-39(41)16-1)45-19-4-9-26-52(45)59(54-28-11-7-22-48(54)50-24-15-25-51-49-23-8-14-31-57(49)61-58(50)51)43-36-34-40(35-37-43)44-18-3-10-27-53(44)60-55-29-12-5-20-46(55)47-21-6-13-30-56(47)60/h1-38H. The summed E-state index contributed by atoms with van der Waals surface area (Å²) in [6.07, 6.45) is 0. The highest BCUT2D eigenvalue weighted by atomic mass is 16.3. The minimum Gasteiger partial charge on any atom is -0.455 e. The van der Waals surface area contributed by atoms with E-state index in [2.05, 4.69) is 234 Å². The summed E-state index contributed by atoms with van der Waals surface area (Å²) in [7, 11) is 0. The number of hydrogen-bond acceptors (Lipinski definition) is 2. The average molecular weight is 779 g/mol. The molecule has 61 heavy (non-hydrogen) atoms. The van der Waals surface area contributed by atoms with Gasteiger partial charge in [0.1, 0.15) is 11.2 Å². The molecule has 0 N–H and O–H groups in total. The average Bonchev–Trinajstić information content (AvgIpc) is 3.88. The van der Waals surface area contributed by atoms with Crippen LogP contribution in [0.25, 0.3) is 93.6 Å². The Morgan fingerprint density at radius 3 is 1.66 bits per heavy atom. The second-order valence-corrected chi connectivity index (χ2v) is 15.6. The zero-order chi connectivity index (χ0) is 40.3. The van der Waals surface area contributed by atoms with Gasteiger partial charge in [-0.3, -0.25) is 0 Å². The second-order valence-electron chi connectivity index (χ2n) is 15.6. The molecule has 3 heteroatoms. The molecule has 2 aromatic heterocycles. The number of hydrogen-bond donors (Lipinski definition) is 0. The Kier molecular flexibility index (Phi) is 8.17. The van der Waals surface area contributed by atoms with Gasteiger partial charge in [-0.1, -0.05) is 176 Å². The molecule has 0 fully saturated rings. The molecule has 0 unspecified atom stereocenters. The summed E-state index contributed by atoms with van der Waals surface area (Å²) >= 11 is 0. The molecular formula is C58H38N2O. The number of benzene rings is 10. The lowest BCUT2D eigenvalue weighted by molar-refractivity contribution is 0.670. The summed E-state index contributed by atoms with van der Waals surface area (Å²) in [5.74, 6) is 0. The SMILES string of the molecule is c1ccc(N(c2ccc(-c3ccccc3-n3c4ccccc4c4ccccc43)cc2)c2ccccc2-c2cccc3c2oc2ccccc23)c(-c2ccc3ccccc3c2)c1. The van der Waals surface area contributed by atoms with Crippen LogP contribution in [0.15, 0.2) is 235 Å². The largest absolute Gasteiger partial charge is 0.455 e. The molecule has 0 amide bonds. The quantitative estimate of drug-likeness (QED) is 0.161. The van der Waals surface area contributed by atoms with Crippen molar-refractivity contribution in [3.8, 4) is 39.1 Å². The Labute approximate surface area is 353 Å². The van der Waals surface area contributed by atoms with Crippen molar-refractivity contribution in [3.63, 3.8) is 0 Å². The zero-order valence-corrected chi connectivity index (χ0v) is 33.2. The van der Waals surface area contributed by atoms with Crippen molar-refractivity contribution in [2.75, 3.05) is 4.90 Å². The number of furan rings is 1. The molecule has 286 valence electrons. The summed E-state index contributed by atoms with van der Waals surface area (Å²) < 4.78 is 9.07. The van der Waals surface area contributed by atoms with Crippen molar-refractivity contribution in [3.05, 3.63) is 231 Å².